The molecule has 0 bridgehead atoms. The van der Waals surface area contributed by atoms with Gasteiger partial charge in [0.2, 0.25) is 5.91 Å². The molecule has 18 heavy (non-hydrogen) atoms. The molecule has 0 aliphatic carbocycles. The van der Waals surface area contributed by atoms with Gasteiger partial charge in [-0.25, -0.2) is 0 Å². The van der Waals surface area contributed by atoms with Gasteiger partial charge in [0.1, 0.15) is 0 Å². The molecule has 0 saturated carbocycles. The fraction of sp³-hybridized carbons (Fsp3) is 0.364. The Morgan fingerprint density at radius 1 is 1.39 bits per heavy atom. The van der Waals surface area contributed by atoms with Crippen LogP contribution in [0.25, 0.3) is 0 Å². The first-order valence-electron chi connectivity index (χ1n) is 5.12. The molecule has 7 heteroatoms. The van der Waals surface area contributed by atoms with Crippen molar-refractivity contribution in [1.29, 1.82) is 0 Å². The monoisotopic (exact) mass is 281 g/mol. The first-order valence-corrected chi connectivity index (χ1v) is 5.50. The molecular formula is C11H11ClF3NO2. The van der Waals surface area contributed by atoms with Gasteiger partial charge in [0.05, 0.1) is 16.3 Å². The molecule has 1 aromatic carbocycles. The highest BCUT2D eigenvalue weighted by Crippen LogP contribution is 2.38. The molecule has 0 radical (unpaired) electrons. The van der Waals surface area contributed by atoms with Crippen LogP contribution in [0.4, 0.5) is 18.9 Å². The van der Waals surface area contributed by atoms with Crippen LogP contribution in [-0.2, 0) is 11.0 Å². The number of rotatable bonds is 4. The molecule has 0 aliphatic heterocycles. The zero-order chi connectivity index (χ0) is 13.8. The second-order valence-corrected chi connectivity index (χ2v) is 3.94. The first-order chi connectivity index (χ1) is 8.36. The van der Waals surface area contributed by atoms with Crippen LogP contribution in [0.3, 0.4) is 0 Å². The Morgan fingerprint density at radius 2 is 2.06 bits per heavy atom. The molecule has 0 aliphatic rings. The van der Waals surface area contributed by atoms with Crippen LogP contribution >= 0.6 is 11.6 Å². The number of amides is 1. The number of halogens is 4. The first kappa shape index (κ1) is 14.8. The molecule has 2 N–H and O–H groups in total. The number of aliphatic hydroxyl groups is 1. The molecule has 0 unspecified atom stereocenters. The van der Waals surface area contributed by atoms with E-state index in [-0.39, 0.29) is 24.5 Å². The van der Waals surface area contributed by atoms with Crippen LogP contribution in [0, 0.1) is 0 Å². The van der Waals surface area contributed by atoms with Gasteiger partial charge in [-0.3, -0.25) is 4.79 Å². The zero-order valence-corrected chi connectivity index (χ0v) is 9.98. The third-order valence-corrected chi connectivity index (χ3v) is 2.46. The van der Waals surface area contributed by atoms with E-state index in [4.69, 9.17) is 16.7 Å². The lowest BCUT2D eigenvalue weighted by Crippen LogP contribution is -2.17. The Hall–Kier alpha value is -1.27. The summed E-state index contributed by atoms with van der Waals surface area (Å²) < 4.78 is 38.0. The molecule has 0 atom stereocenters. The van der Waals surface area contributed by atoms with Crippen molar-refractivity contribution in [1.82, 2.24) is 0 Å². The maximum atomic E-state index is 12.7. The minimum Gasteiger partial charge on any atom is -0.396 e. The highest BCUT2D eigenvalue weighted by Gasteiger charge is 2.34. The minimum absolute atomic E-state index is 0.0704. The number of aliphatic hydroxyl groups excluding tert-OH is 1. The lowest BCUT2D eigenvalue weighted by molar-refractivity contribution is -0.137. The summed E-state index contributed by atoms with van der Waals surface area (Å²) in [6.07, 6.45) is -4.48. The zero-order valence-electron chi connectivity index (χ0n) is 9.22. The normalized spacial score (nSPS) is 11.4. The molecule has 1 aromatic rings. The fourth-order valence-electron chi connectivity index (χ4n) is 1.33. The molecule has 0 fully saturated rings. The third-order valence-electron chi connectivity index (χ3n) is 2.15. The molecule has 0 heterocycles. The minimum atomic E-state index is -4.59. The molecule has 0 aromatic heterocycles. The van der Waals surface area contributed by atoms with Gasteiger partial charge in [-0.1, -0.05) is 17.7 Å². The Kier molecular flexibility index (Phi) is 4.98. The Labute approximate surface area is 107 Å². The summed E-state index contributed by atoms with van der Waals surface area (Å²) in [5.41, 5.74) is -1.44. The van der Waals surface area contributed by atoms with Gasteiger partial charge in [0.25, 0.3) is 0 Å². The summed E-state index contributed by atoms with van der Waals surface area (Å²) in [7, 11) is 0. The maximum absolute atomic E-state index is 12.7. The van der Waals surface area contributed by atoms with Crippen molar-refractivity contribution < 1.29 is 23.1 Å². The van der Waals surface area contributed by atoms with Crippen molar-refractivity contribution in [3.63, 3.8) is 0 Å². The van der Waals surface area contributed by atoms with Gasteiger partial charge in [0, 0.05) is 13.0 Å². The maximum Gasteiger partial charge on any atom is 0.418 e. The smallest absolute Gasteiger partial charge is 0.396 e. The number of carbonyl (C=O) groups excluding carboxylic acids is 1. The van der Waals surface area contributed by atoms with Crippen LogP contribution in [0.2, 0.25) is 5.02 Å². The van der Waals surface area contributed by atoms with Gasteiger partial charge in [0.15, 0.2) is 0 Å². The van der Waals surface area contributed by atoms with Crippen LogP contribution in [0.15, 0.2) is 18.2 Å². The molecular weight excluding hydrogens is 271 g/mol. The van der Waals surface area contributed by atoms with Crippen molar-refractivity contribution in [2.24, 2.45) is 0 Å². The number of nitrogens with one attached hydrogen (secondary N) is 1. The van der Waals surface area contributed by atoms with E-state index in [1.165, 1.54) is 6.07 Å². The predicted octanol–water partition coefficient (Wildman–Crippen LogP) is 3.07. The summed E-state index contributed by atoms with van der Waals surface area (Å²) in [5, 5.41) is 10.5. The number of anilines is 1. The molecule has 100 valence electrons. The van der Waals surface area contributed by atoms with Crippen LogP contribution in [0.5, 0.6) is 0 Å². The standard InChI is InChI=1S/C11H11ClF3NO2/c12-8-4-1-3-7(11(13,14)15)10(8)16-9(18)5-2-6-17/h1,3-4,17H,2,5-6H2,(H,16,18). The highest BCUT2D eigenvalue weighted by molar-refractivity contribution is 6.34. The fourth-order valence-corrected chi connectivity index (χ4v) is 1.55. The second-order valence-electron chi connectivity index (χ2n) is 3.54. The van der Waals surface area contributed by atoms with Crippen molar-refractivity contribution in [3.8, 4) is 0 Å². The number of hydrogen-bond acceptors (Lipinski definition) is 2. The van der Waals surface area contributed by atoms with E-state index >= 15 is 0 Å². The summed E-state index contributed by atoms with van der Waals surface area (Å²) in [6.45, 7) is -0.206. The van der Waals surface area contributed by atoms with Crippen LogP contribution in [-0.4, -0.2) is 17.6 Å². The number of para-hydroxylation sites is 1. The lowest BCUT2D eigenvalue weighted by Gasteiger charge is -2.14. The van der Waals surface area contributed by atoms with E-state index in [2.05, 4.69) is 5.32 Å². The van der Waals surface area contributed by atoms with Crippen LogP contribution in [0.1, 0.15) is 18.4 Å². The van der Waals surface area contributed by atoms with Gasteiger partial charge in [-0.2, -0.15) is 13.2 Å². The van der Waals surface area contributed by atoms with Gasteiger partial charge >= 0.3 is 6.18 Å². The van der Waals surface area contributed by atoms with E-state index < -0.39 is 23.3 Å². The molecule has 0 saturated heterocycles. The van der Waals surface area contributed by atoms with Gasteiger partial charge in [-0.05, 0) is 18.6 Å². The Bertz CT molecular complexity index is 435. The van der Waals surface area contributed by atoms with Crippen molar-refractivity contribution in [2.45, 2.75) is 19.0 Å². The predicted molar refractivity (Wildman–Crippen MR) is 61.4 cm³/mol. The summed E-state index contributed by atoms with van der Waals surface area (Å²) in [6, 6.07) is 3.26. The molecule has 1 amide bonds. The topological polar surface area (TPSA) is 49.3 Å². The number of benzene rings is 1. The Balaban J connectivity index is 2.97. The van der Waals surface area contributed by atoms with Gasteiger partial charge < -0.3 is 10.4 Å². The van der Waals surface area contributed by atoms with E-state index in [0.717, 1.165) is 12.1 Å². The number of hydrogen-bond donors (Lipinski definition) is 2. The SMILES string of the molecule is O=C(CCCO)Nc1c(Cl)cccc1C(F)(F)F. The lowest BCUT2D eigenvalue weighted by atomic mass is 10.1. The number of alkyl halides is 3. The average molecular weight is 282 g/mol. The van der Waals surface area contributed by atoms with E-state index in [9.17, 15) is 18.0 Å². The summed E-state index contributed by atoms with van der Waals surface area (Å²) in [4.78, 5) is 11.4. The summed E-state index contributed by atoms with van der Waals surface area (Å²) >= 11 is 5.65. The van der Waals surface area contributed by atoms with E-state index in [1.54, 1.807) is 0 Å². The van der Waals surface area contributed by atoms with Crippen molar-refractivity contribution >= 4 is 23.2 Å². The second kappa shape index (κ2) is 6.06. The number of carbonyl (C=O) groups is 1. The van der Waals surface area contributed by atoms with Crippen molar-refractivity contribution in [3.05, 3.63) is 28.8 Å². The van der Waals surface area contributed by atoms with Crippen molar-refractivity contribution in [2.75, 3.05) is 11.9 Å². The summed E-state index contributed by atoms with van der Waals surface area (Å²) in [5.74, 6) is -0.623. The van der Waals surface area contributed by atoms with E-state index in [1.807, 2.05) is 0 Å². The van der Waals surface area contributed by atoms with Crippen LogP contribution < -0.4 is 5.32 Å². The quantitative estimate of drug-likeness (QED) is 0.891. The molecule has 3 nitrogen and oxygen atoms in total. The molecule has 0 spiro atoms. The highest BCUT2D eigenvalue weighted by atomic mass is 35.5. The van der Waals surface area contributed by atoms with Gasteiger partial charge in [-0.15, -0.1) is 0 Å². The third kappa shape index (κ3) is 3.89. The Morgan fingerprint density at radius 3 is 2.61 bits per heavy atom. The largest absolute Gasteiger partial charge is 0.418 e. The molecule has 1 rings (SSSR count). The van der Waals surface area contributed by atoms with E-state index in [0.29, 0.717) is 0 Å². The average Bonchev–Trinajstić information content (AvgIpc) is 2.27.